The van der Waals surface area contributed by atoms with E-state index in [1.54, 1.807) is 0 Å². The van der Waals surface area contributed by atoms with Gasteiger partial charge >= 0.3 is 6.03 Å². The van der Waals surface area contributed by atoms with Gasteiger partial charge in [0.25, 0.3) is 0 Å². The van der Waals surface area contributed by atoms with Gasteiger partial charge in [-0.2, -0.15) is 0 Å². The van der Waals surface area contributed by atoms with Gasteiger partial charge in [-0.1, -0.05) is 46.8 Å². The minimum atomic E-state index is -0.252. The Balaban J connectivity index is 1.16. The first-order valence-electron chi connectivity index (χ1n) is 15.7. The third-order valence-corrected chi connectivity index (χ3v) is 13.2. The van der Waals surface area contributed by atoms with Crippen molar-refractivity contribution in [2.24, 2.45) is 52.3 Å². The number of benzene rings is 1. The van der Waals surface area contributed by atoms with Crippen LogP contribution >= 0.6 is 11.9 Å². The van der Waals surface area contributed by atoms with Crippen LogP contribution in [0, 0.1) is 52.3 Å². The van der Waals surface area contributed by atoms with Gasteiger partial charge in [-0.3, -0.25) is 4.72 Å². The summed E-state index contributed by atoms with van der Waals surface area (Å²) in [6.07, 6.45) is 9.38. The van der Waals surface area contributed by atoms with Gasteiger partial charge in [-0.05, 0) is 140 Å². The molecule has 1 aromatic carbocycles. The smallest absolute Gasteiger partial charge is 0.325 e. The molecule has 5 rings (SSSR count). The number of amides is 2. The van der Waals surface area contributed by atoms with Crippen LogP contribution in [-0.2, 0) is 6.42 Å². The molecule has 1 aromatic rings. The van der Waals surface area contributed by atoms with Crippen molar-refractivity contribution >= 4 is 18.0 Å². The lowest BCUT2D eigenvalue weighted by molar-refractivity contribution is -0.199. The summed E-state index contributed by atoms with van der Waals surface area (Å²) >= 11 is 1.36. The Morgan fingerprint density at radius 2 is 1.72 bits per heavy atom. The first-order chi connectivity index (χ1) is 18.6. The number of fused-ring (bicyclic) bond motifs is 5. The van der Waals surface area contributed by atoms with Gasteiger partial charge in [-0.15, -0.1) is 0 Å². The molecule has 0 aromatic heterocycles. The fourth-order valence-corrected chi connectivity index (χ4v) is 10.7. The highest BCUT2D eigenvalue weighted by Gasteiger charge is 2.64. The number of carbonyl (C=O) groups is 1. The molecule has 0 spiro atoms. The van der Waals surface area contributed by atoms with Crippen molar-refractivity contribution in [2.45, 2.75) is 110 Å². The van der Waals surface area contributed by atoms with E-state index < -0.39 is 0 Å². The number of urea groups is 1. The molecule has 1 unspecified atom stereocenters. The summed E-state index contributed by atoms with van der Waals surface area (Å²) in [4.78, 5) is 13.5. The Bertz CT molecular complexity index is 1000. The van der Waals surface area contributed by atoms with Crippen molar-refractivity contribution in [3.05, 3.63) is 29.8 Å². The molecule has 2 amide bonds. The molecule has 4 fully saturated rings. The van der Waals surface area contributed by atoms with Gasteiger partial charge in [0.1, 0.15) is 0 Å². The molecule has 4 N–H and O–H groups in total. The molecular formula is C33H52N2O3S. The Hall–Kier alpha value is -1.24. The van der Waals surface area contributed by atoms with Crippen molar-refractivity contribution in [3.8, 4) is 0 Å². The number of hydrogen-bond donors (Lipinski definition) is 4. The molecule has 39 heavy (non-hydrogen) atoms. The maximum Gasteiger partial charge on any atom is 0.325 e. The summed E-state index contributed by atoms with van der Waals surface area (Å²) in [5.74, 6) is 3.42. The van der Waals surface area contributed by atoms with E-state index in [1.165, 1.54) is 43.2 Å². The Morgan fingerprint density at radius 3 is 2.44 bits per heavy atom. The molecule has 0 saturated heterocycles. The summed E-state index contributed by atoms with van der Waals surface area (Å²) in [5, 5.41) is 25.2. The second kappa shape index (κ2) is 11.6. The SMILES string of the molecule is CCc1ccc(SNC(=O)NCC[C@@H](C)[C@H]2CC[C@H]3[C@H]4C(CC[C@]23C)[C@@]2(C)CC[C@@H](O)C[C@H]2[C@@H](C)[C@H]4O)cc1. The number of nitrogens with one attached hydrogen (secondary N) is 2. The van der Waals surface area contributed by atoms with Crippen LogP contribution in [0.4, 0.5) is 4.79 Å². The third-order valence-electron chi connectivity index (χ3n) is 12.4. The van der Waals surface area contributed by atoms with Crippen LogP contribution in [0.2, 0.25) is 0 Å². The summed E-state index contributed by atoms with van der Waals surface area (Å²) in [7, 11) is 0. The van der Waals surface area contributed by atoms with Gasteiger partial charge in [0.2, 0.25) is 0 Å². The quantitative estimate of drug-likeness (QED) is 0.278. The maximum atomic E-state index is 12.4. The molecule has 0 bridgehead atoms. The molecule has 5 nitrogen and oxygen atoms in total. The maximum absolute atomic E-state index is 12.4. The van der Waals surface area contributed by atoms with E-state index in [0.29, 0.717) is 42.1 Å². The van der Waals surface area contributed by atoms with E-state index in [1.807, 2.05) is 0 Å². The van der Waals surface area contributed by atoms with Crippen LogP contribution in [0.15, 0.2) is 29.2 Å². The van der Waals surface area contributed by atoms with Crippen LogP contribution < -0.4 is 10.0 Å². The van der Waals surface area contributed by atoms with E-state index in [-0.39, 0.29) is 35.0 Å². The lowest BCUT2D eigenvalue weighted by Gasteiger charge is -2.64. The third kappa shape index (κ3) is 5.39. The van der Waals surface area contributed by atoms with Gasteiger partial charge < -0.3 is 15.5 Å². The molecule has 218 valence electrons. The molecule has 11 atom stereocenters. The number of aliphatic hydroxyl groups is 2. The van der Waals surface area contributed by atoms with Crippen LogP contribution in [0.25, 0.3) is 0 Å². The second-order valence-corrected chi connectivity index (χ2v) is 15.0. The number of carbonyl (C=O) groups excluding carboxylic acids is 1. The second-order valence-electron chi connectivity index (χ2n) is 14.1. The normalized spacial score (nSPS) is 42.1. The van der Waals surface area contributed by atoms with Crippen LogP contribution in [0.5, 0.6) is 0 Å². The largest absolute Gasteiger partial charge is 0.393 e. The average Bonchev–Trinajstić information content (AvgIpc) is 3.28. The predicted octanol–water partition coefficient (Wildman–Crippen LogP) is 6.82. The predicted molar refractivity (Wildman–Crippen MR) is 159 cm³/mol. The molecule has 6 heteroatoms. The molecule has 4 aliphatic rings. The molecule has 0 radical (unpaired) electrons. The Kier molecular flexibility index (Phi) is 8.68. The lowest BCUT2D eigenvalue weighted by atomic mass is 9.42. The number of hydrogen-bond acceptors (Lipinski definition) is 4. The average molecular weight is 557 g/mol. The standard InChI is InChI=1S/C33H52N2O3S/c1-6-22-7-9-24(10-8-22)39-35-31(38)34-18-15-20(2)25-11-12-26-29-27(14-17-32(25,26)4)33(5)16-13-23(36)19-28(33)21(3)30(29)37/h7-10,20-21,23,25-30,36-37H,6,11-19H2,1-5H3,(H2,34,35,38)/t20-,21-,23-,25-,26+,27?,28+,29+,30-,32-,33-/m1/s1. The minimum Gasteiger partial charge on any atom is -0.393 e. The Labute approximate surface area is 240 Å². The van der Waals surface area contributed by atoms with Crippen molar-refractivity contribution in [3.63, 3.8) is 0 Å². The van der Waals surface area contributed by atoms with Gasteiger partial charge in [0.15, 0.2) is 0 Å². The van der Waals surface area contributed by atoms with Gasteiger partial charge in [0.05, 0.1) is 12.2 Å². The first kappa shape index (κ1) is 29.3. The van der Waals surface area contributed by atoms with E-state index >= 15 is 0 Å². The van der Waals surface area contributed by atoms with Gasteiger partial charge in [0, 0.05) is 11.4 Å². The van der Waals surface area contributed by atoms with E-state index in [4.69, 9.17) is 0 Å². The van der Waals surface area contributed by atoms with Crippen LogP contribution in [0.1, 0.15) is 91.5 Å². The van der Waals surface area contributed by atoms with E-state index in [9.17, 15) is 15.0 Å². The lowest BCUT2D eigenvalue weighted by Crippen LogP contribution is -2.61. The highest BCUT2D eigenvalue weighted by atomic mass is 32.2. The van der Waals surface area contributed by atoms with Crippen LogP contribution in [-0.4, -0.2) is 35.0 Å². The molecular weight excluding hydrogens is 504 g/mol. The van der Waals surface area contributed by atoms with Crippen molar-refractivity contribution in [2.75, 3.05) is 6.54 Å². The number of rotatable bonds is 7. The highest BCUT2D eigenvalue weighted by Crippen LogP contribution is 2.69. The van der Waals surface area contributed by atoms with E-state index in [2.05, 4.69) is 68.9 Å². The summed E-state index contributed by atoms with van der Waals surface area (Å²) < 4.78 is 2.92. The molecule has 4 aliphatic carbocycles. The molecule has 0 aliphatic heterocycles. The van der Waals surface area contributed by atoms with Crippen LogP contribution in [0.3, 0.4) is 0 Å². The number of aryl methyl sites for hydroxylation is 1. The first-order valence-corrected chi connectivity index (χ1v) is 16.6. The minimum absolute atomic E-state index is 0.123. The number of aliphatic hydroxyl groups excluding tert-OH is 2. The zero-order valence-corrected chi connectivity index (χ0v) is 25.6. The topological polar surface area (TPSA) is 81.6 Å². The van der Waals surface area contributed by atoms with Crippen molar-refractivity contribution < 1.29 is 15.0 Å². The zero-order valence-electron chi connectivity index (χ0n) is 24.8. The summed E-state index contributed by atoms with van der Waals surface area (Å²) in [6, 6.07) is 8.21. The van der Waals surface area contributed by atoms with E-state index in [0.717, 1.165) is 37.0 Å². The zero-order chi connectivity index (χ0) is 27.9. The molecule has 4 saturated carbocycles. The highest BCUT2D eigenvalue weighted by molar-refractivity contribution is 7.98. The molecule has 0 heterocycles. The van der Waals surface area contributed by atoms with Crippen molar-refractivity contribution in [1.82, 2.24) is 10.0 Å². The van der Waals surface area contributed by atoms with Gasteiger partial charge in [-0.25, -0.2) is 4.79 Å². The summed E-state index contributed by atoms with van der Waals surface area (Å²) in [5.41, 5.74) is 1.82. The fraction of sp³-hybridized carbons (Fsp3) is 0.788. The Morgan fingerprint density at radius 1 is 1.03 bits per heavy atom. The monoisotopic (exact) mass is 556 g/mol. The fourth-order valence-electron chi connectivity index (χ4n) is 10.2. The summed E-state index contributed by atoms with van der Waals surface area (Å²) in [6.45, 7) is 12.5. The van der Waals surface area contributed by atoms with Crippen molar-refractivity contribution in [1.29, 1.82) is 0 Å².